The first kappa shape index (κ1) is 25.0. The Kier molecular flexibility index (Phi) is 8.27. The summed E-state index contributed by atoms with van der Waals surface area (Å²) in [5, 5.41) is 10.7. The number of fused-ring (bicyclic) bond motifs is 1. The molecule has 1 fully saturated rings. The van der Waals surface area contributed by atoms with Gasteiger partial charge in [-0.2, -0.15) is 0 Å². The van der Waals surface area contributed by atoms with Crippen LogP contribution in [0.5, 0.6) is 5.75 Å². The van der Waals surface area contributed by atoms with Crippen LogP contribution in [0.3, 0.4) is 0 Å². The van der Waals surface area contributed by atoms with Crippen LogP contribution in [0.15, 0.2) is 48.7 Å². The van der Waals surface area contributed by atoms with Crippen LogP contribution in [0.1, 0.15) is 36.6 Å². The van der Waals surface area contributed by atoms with Crippen LogP contribution in [0.25, 0.3) is 10.9 Å². The average Bonchev–Trinajstić information content (AvgIpc) is 2.88. The topological polar surface area (TPSA) is 45.6 Å². The molecule has 184 valence electrons. The summed E-state index contributed by atoms with van der Waals surface area (Å²) in [6.45, 7) is 1.80. The highest BCUT2D eigenvalue weighted by Gasteiger charge is 2.29. The summed E-state index contributed by atoms with van der Waals surface area (Å²) in [5.41, 5.74) is 1.37. The number of rotatable bonds is 7. The highest BCUT2D eigenvalue weighted by Crippen LogP contribution is 2.35. The van der Waals surface area contributed by atoms with E-state index in [0.29, 0.717) is 37.2 Å². The van der Waals surface area contributed by atoms with E-state index in [1.165, 1.54) is 0 Å². The Morgan fingerprint density at radius 1 is 1.17 bits per heavy atom. The van der Waals surface area contributed by atoms with E-state index in [9.17, 15) is 13.9 Å². The molecule has 0 spiro atoms. The SMILES string of the molecule is COc1ccc2nccc(C(F)CC[C@@H]3CCN(CC#Cc4cc(F)ccc4F)C[C@@H]3CO)c2c1. The van der Waals surface area contributed by atoms with Crippen LogP contribution in [-0.2, 0) is 0 Å². The molecule has 3 aromatic rings. The number of ether oxygens (including phenoxy) is 1. The van der Waals surface area contributed by atoms with Crippen molar-refractivity contribution in [2.24, 2.45) is 11.8 Å². The molecular weight excluding hydrogens is 453 g/mol. The van der Waals surface area contributed by atoms with Gasteiger partial charge in [-0.25, -0.2) is 13.2 Å². The van der Waals surface area contributed by atoms with E-state index in [1.807, 2.05) is 18.2 Å². The number of aliphatic hydroxyl groups excluding tert-OH is 1. The number of benzene rings is 2. The average molecular weight is 483 g/mol. The maximum atomic E-state index is 15.3. The molecule has 0 amide bonds. The van der Waals surface area contributed by atoms with Crippen molar-refractivity contribution in [2.75, 3.05) is 33.4 Å². The highest BCUT2D eigenvalue weighted by molar-refractivity contribution is 5.83. The van der Waals surface area contributed by atoms with Crippen molar-refractivity contribution in [2.45, 2.75) is 25.4 Å². The fourth-order valence-electron chi connectivity index (χ4n) is 4.79. The predicted octanol–water partition coefficient (Wildman–Crippen LogP) is 5.29. The van der Waals surface area contributed by atoms with Gasteiger partial charge in [0.05, 0.1) is 24.7 Å². The Morgan fingerprint density at radius 3 is 2.83 bits per heavy atom. The van der Waals surface area contributed by atoms with Crippen molar-refractivity contribution in [1.82, 2.24) is 9.88 Å². The molecule has 1 saturated heterocycles. The van der Waals surface area contributed by atoms with Crippen LogP contribution in [0.2, 0.25) is 0 Å². The summed E-state index contributed by atoms with van der Waals surface area (Å²) in [6, 6.07) is 10.4. The minimum atomic E-state index is -1.14. The van der Waals surface area contributed by atoms with Crippen LogP contribution in [0, 0.1) is 35.3 Å². The highest BCUT2D eigenvalue weighted by atomic mass is 19.1. The number of hydrogen-bond donors (Lipinski definition) is 1. The summed E-state index contributed by atoms with van der Waals surface area (Å²) < 4.78 is 47.7. The van der Waals surface area contributed by atoms with Gasteiger partial charge < -0.3 is 9.84 Å². The van der Waals surface area contributed by atoms with Gasteiger partial charge in [0, 0.05) is 24.7 Å². The molecule has 35 heavy (non-hydrogen) atoms. The smallest absolute Gasteiger partial charge is 0.139 e. The number of alkyl halides is 1. The van der Waals surface area contributed by atoms with E-state index in [1.54, 1.807) is 19.4 Å². The standard InChI is InChI=1S/C28H29F3N2O2/c1-35-23-6-9-28-25(16-23)24(10-12-32-28)27(31)7-4-19-11-14-33(17-21(19)18-34)13-2-3-20-15-22(29)5-8-26(20)30/h5-6,8-10,12,15-16,19,21,27,34H,4,7,11,13-14,17-18H2,1H3/t19-,21-,27?/m1/s1. The van der Waals surface area contributed by atoms with Gasteiger partial charge in [0.1, 0.15) is 23.6 Å². The number of pyridine rings is 1. The second-order valence-corrected chi connectivity index (χ2v) is 8.98. The number of nitrogens with zero attached hydrogens (tertiary/aromatic N) is 2. The zero-order chi connectivity index (χ0) is 24.8. The minimum Gasteiger partial charge on any atom is -0.497 e. The molecule has 2 heterocycles. The van der Waals surface area contributed by atoms with Gasteiger partial charge in [0.2, 0.25) is 0 Å². The Morgan fingerprint density at radius 2 is 2.03 bits per heavy atom. The molecule has 0 bridgehead atoms. The molecule has 2 aromatic carbocycles. The molecule has 4 rings (SSSR count). The van der Waals surface area contributed by atoms with E-state index in [4.69, 9.17) is 4.74 Å². The zero-order valence-electron chi connectivity index (χ0n) is 19.7. The van der Waals surface area contributed by atoms with E-state index >= 15 is 4.39 Å². The molecule has 0 aliphatic carbocycles. The van der Waals surface area contributed by atoms with Gasteiger partial charge in [-0.3, -0.25) is 9.88 Å². The summed E-state index contributed by atoms with van der Waals surface area (Å²) in [7, 11) is 1.58. The first-order valence-corrected chi connectivity index (χ1v) is 11.8. The molecule has 1 unspecified atom stereocenters. The minimum absolute atomic E-state index is 0.0120. The number of piperidine rings is 1. The fourth-order valence-corrected chi connectivity index (χ4v) is 4.79. The summed E-state index contributed by atoms with van der Waals surface area (Å²) in [5.74, 6) is 5.40. The van der Waals surface area contributed by atoms with Gasteiger partial charge in [0.15, 0.2) is 0 Å². The molecule has 1 aliphatic heterocycles. The number of aromatic nitrogens is 1. The first-order valence-electron chi connectivity index (χ1n) is 11.8. The monoisotopic (exact) mass is 482 g/mol. The summed E-state index contributed by atoms with van der Waals surface area (Å²) in [4.78, 5) is 6.42. The largest absolute Gasteiger partial charge is 0.497 e. The lowest BCUT2D eigenvalue weighted by Crippen LogP contribution is -2.42. The fraction of sp³-hybridized carbons (Fsp3) is 0.393. The molecule has 1 aromatic heterocycles. The number of likely N-dealkylation sites (tertiary alicyclic amines) is 1. The van der Waals surface area contributed by atoms with Gasteiger partial charge in [-0.05, 0) is 85.7 Å². The molecule has 1 aliphatic rings. The Hall–Kier alpha value is -3.08. The van der Waals surface area contributed by atoms with Crippen molar-refractivity contribution in [3.8, 4) is 17.6 Å². The van der Waals surface area contributed by atoms with Gasteiger partial charge in [0.25, 0.3) is 0 Å². The third kappa shape index (κ3) is 6.14. The van der Waals surface area contributed by atoms with Gasteiger partial charge in [-0.1, -0.05) is 11.8 Å². The molecule has 4 nitrogen and oxygen atoms in total. The van der Waals surface area contributed by atoms with Crippen LogP contribution in [-0.4, -0.2) is 48.3 Å². The lowest BCUT2D eigenvalue weighted by atomic mass is 9.81. The van der Waals surface area contributed by atoms with E-state index in [-0.39, 0.29) is 24.0 Å². The van der Waals surface area contributed by atoms with Crippen LogP contribution < -0.4 is 4.74 Å². The molecule has 0 radical (unpaired) electrons. The van der Waals surface area contributed by atoms with E-state index in [2.05, 4.69) is 21.7 Å². The summed E-state index contributed by atoms with van der Waals surface area (Å²) >= 11 is 0. The number of hydrogen-bond acceptors (Lipinski definition) is 4. The maximum Gasteiger partial charge on any atom is 0.139 e. The lowest BCUT2D eigenvalue weighted by molar-refractivity contribution is 0.0708. The van der Waals surface area contributed by atoms with Crippen molar-refractivity contribution in [3.05, 3.63) is 71.4 Å². The number of methoxy groups -OCH3 is 1. The van der Waals surface area contributed by atoms with Crippen molar-refractivity contribution in [1.29, 1.82) is 0 Å². The Bertz CT molecular complexity index is 1220. The van der Waals surface area contributed by atoms with Gasteiger partial charge >= 0.3 is 0 Å². The molecule has 7 heteroatoms. The molecule has 3 atom stereocenters. The second kappa shape index (κ2) is 11.6. The third-order valence-electron chi connectivity index (χ3n) is 6.77. The normalized spacial score (nSPS) is 19.2. The Balaban J connectivity index is 1.35. The summed E-state index contributed by atoms with van der Waals surface area (Å²) in [6.07, 6.45) is 2.32. The molecular formula is C28H29F3N2O2. The quantitative estimate of drug-likeness (QED) is 0.465. The maximum absolute atomic E-state index is 15.3. The third-order valence-corrected chi connectivity index (χ3v) is 6.77. The Labute approximate surface area is 203 Å². The second-order valence-electron chi connectivity index (χ2n) is 8.98. The number of halogens is 3. The lowest BCUT2D eigenvalue weighted by Gasteiger charge is -2.37. The van der Waals surface area contributed by atoms with Gasteiger partial charge in [-0.15, -0.1) is 0 Å². The predicted molar refractivity (Wildman–Crippen MR) is 130 cm³/mol. The first-order chi connectivity index (χ1) is 17.0. The van der Waals surface area contributed by atoms with E-state index < -0.39 is 17.8 Å². The van der Waals surface area contributed by atoms with Crippen molar-refractivity contribution in [3.63, 3.8) is 0 Å². The molecule has 1 N–H and O–H groups in total. The van der Waals surface area contributed by atoms with Crippen LogP contribution >= 0.6 is 0 Å². The van der Waals surface area contributed by atoms with Crippen LogP contribution in [0.4, 0.5) is 13.2 Å². The zero-order valence-corrected chi connectivity index (χ0v) is 19.7. The van der Waals surface area contributed by atoms with Crippen molar-refractivity contribution >= 4 is 10.9 Å². The van der Waals surface area contributed by atoms with E-state index in [0.717, 1.165) is 42.1 Å². The number of aliphatic hydroxyl groups is 1. The molecule has 0 saturated carbocycles. The van der Waals surface area contributed by atoms with Crippen molar-refractivity contribution < 1.29 is 23.0 Å².